The average molecular weight is 345 g/mol. The third kappa shape index (κ3) is 4.42. The van der Waals surface area contributed by atoms with E-state index in [0.717, 1.165) is 17.9 Å². The van der Waals surface area contributed by atoms with Crippen LogP contribution in [0.1, 0.15) is 18.0 Å². The Labute approximate surface area is 136 Å². The normalized spacial score (nSPS) is 21.9. The third-order valence-corrected chi connectivity index (χ3v) is 6.42. The first-order valence-corrected chi connectivity index (χ1v) is 10.3. The molecule has 0 amide bonds. The van der Waals surface area contributed by atoms with Gasteiger partial charge in [-0.15, -0.1) is 0 Å². The highest BCUT2D eigenvalue weighted by Gasteiger charge is 2.36. The van der Waals surface area contributed by atoms with E-state index in [4.69, 9.17) is 18.0 Å². The summed E-state index contributed by atoms with van der Waals surface area (Å²) < 4.78 is 24.2. The molecule has 4 nitrogen and oxygen atoms in total. The van der Waals surface area contributed by atoms with Crippen LogP contribution in [0.2, 0.25) is 0 Å². The average Bonchev–Trinajstić information content (AvgIpc) is 2.44. The SMILES string of the molecule is CS(=O)(=O)C1CSCCN1C(CC(N)=S)c1ccccc1. The van der Waals surface area contributed by atoms with E-state index in [1.165, 1.54) is 6.26 Å². The number of thioether (sulfide) groups is 1. The lowest BCUT2D eigenvalue weighted by atomic mass is 10.0. The van der Waals surface area contributed by atoms with Crippen molar-refractivity contribution < 1.29 is 8.42 Å². The second-order valence-electron chi connectivity index (χ2n) is 5.19. The summed E-state index contributed by atoms with van der Waals surface area (Å²) in [6.45, 7) is 0.727. The molecule has 1 aliphatic rings. The Morgan fingerprint density at radius 2 is 2.14 bits per heavy atom. The van der Waals surface area contributed by atoms with E-state index in [9.17, 15) is 8.42 Å². The van der Waals surface area contributed by atoms with E-state index in [2.05, 4.69) is 0 Å². The molecule has 1 aliphatic heterocycles. The predicted octanol–water partition coefficient (Wildman–Crippen LogP) is 1.82. The zero-order chi connectivity index (χ0) is 15.5. The zero-order valence-electron chi connectivity index (χ0n) is 11.9. The predicted molar refractivity (Wildman–Crippen MR) is 93.2 cm³/mol. The number of rotatable bonds is 5. The van der Waals surface area contributed by atoms with Crippen molar-refractivity contribution in [2.45, 2.75) is 17.8 Å². The molecule has 2 atom stereocenters. The summed E-state index contributed by atoms with van der Waals surface area (Å²) in [6.07, 6.45) is 1.80. The second kappa shape index (κ2) is 7.09. The molecule has 116 valence electrons. The highest BCUT2D eigenvalue weighted by Crippen LogP contribution is 2.32. The smallest absolute Gasteiger partial charge is 0.164 e. The maximum absolute atomic E-state index is 12.1. The van der Waals surface area contributed by atoms with Crippen molar-refractivity contribution in [2.75, 3.05) is 24.3 Å². The summed E-state index contributed by atoms with van der Waals surface area (Å²) in [4.78, 5) is 2.45. The molecule has 1 fully saturated rings. The van der Waals surface area contributed by atoms with Crippen molar-refractivity contribution in [1.82, 2.24) is 4.90 Å². The molecule has 0 spiro atoms. The summed E-state index contributed by atoms with van der Waals surface area (Å²) in [7, 11) is -3.14. The summed E-state index contributed by atoms with van der Waals surface area (Å²) in [6, 6.07) is 9.78. The van der Waals surface area contributed by atoms with E-state index < -0.39 is 15.2 Å². The van der Waals surface area contributed by atoms with Crippen LogP contribution >= 0.6 is 24.0 Å². The van der Waals surface area contributed by atoms with E-state index in [1.807, 2.05) is 35.2 Å². The van der Waals surface area contributed by atoms with Crippen LogP contribution < -0.4 is 5.73 Å². The first-order chi connectivity index (χ1) is 9.89. The standard InChI is InChI=1S/C14H20N2O2S3/c1-21(17,18)14-10-20-8-7-16(14)12(9-13(15)19)11-5-3-2-4-6-11/h2-6,12,14H,7-10H2,1H3,(H2,15,19). The molecule has 2 unspecified atom stereocenters. The molecular weight excluding hydrogens is 324 g/mol. The minimum atomic E-state index is -3.14. The fourth-order valence-electron chi connectivity index (χ4n) is 2.61. The fourth-order valence-corrected chi connectivity index (χ4v) is 5.69. The summed E-state index contributed by atoms with van der Waals surface area (Å²) in [5.41, 5.74) is 6.80. The lowest BCUT2D eigenvalue weighted by Crippen LogP contribution is -2.49. The molecular formula is C14H20N2O2S3. The topological polar surface area (TPSA) is 63.4 Å². The molecule has 0 saturated carbocycles. The van der Waals surface area contributed by atoms with Gasteiger partial charge in [-0.2, -0.15) is 11.8 Å². The number of hydrogen-bond donors (Lipinski definition) is 1. The van der Waals surface area contributed by atoms with Gasteiger partial charge in [-0.25, -0.2) is 8.42 Å². The Balaban J connectivity index is 2.36. The van der Waals surface area contributed by atoms with Crippen molar-refractivity contribution in [1.29, 1.82) is 0 Å². The first kappa shape index (κ1) is 16.7. The molecule has 2 N–H and O–H groups in total. The number of benzene rings is 1. The van der Waals surface area contributed by atoms with Crippen LogP contribution in [0.3, 0.4) is 0 Å². The van der Waals surface area contributed by atoms with Crippen LogP contribution in [-0.2, 0) is 9.84 Å². The van der Waals surface area contributed by atoms with Crippen LogP contribution in [0.5, 0.6) is 0 Å². The van der Waals surface area contributed by atoms with Crippen LogP contribution in [-0.4, -0.2) is 48.0 Å². The third-order valence-electron chi connectivity index (χ3n) is 3.60. The van der Waals surface area contributed by atoms with Gasteiger partial charge in [-0.1, -0.05) is 42.5 Å². The lowest BCUT2D eigenvalue weighted by molar-refractivity contribution is 0.198. The molecule has 1 aromatic carbocycles. The van der Waals surface area contributed by atoms with Crippen molar-refractivity contribution in [3.05, 3.63) is 35.9 Å². The molecule has 1 aromatic rings. The Bertz CT molecular complexity index is 589. The number of nitrogens with two attached hydrogens (primary N) is 1. The highest BCUT2D eigenvalue weighted by molar-refractivity contribution is 8.00. The summed E-state index contributed by atoms with van der Waals surface area (Å²) in [5, 5.41) is -0.476. The molecule has 1 saturated heterocycles. The van der Waals surface area contributed by atoms with Crippen LogP contribution in [0.25, 0.3) is 0 Å². The van der Waals surface area contributed by atoms with Gasteiger partial charge in [0.2, 0.25) is 0 Å². The fraction of sp³-hybridized carbons (Fsp3) is 0.500. The molecule has 0 radical (unpaired) electrons. The Morgan fingerprint density at radius 1 is 1.48 bits per heavy atom. The minimum Gasteiger partial charge on any atom is -0.393 e. The maximum atomic E-state index is 12.1. The van der Waals surface area contributed by atoms with Crippen LogP contribution in [0.15, 0.2) is 30.3 Å². The summed E-state index contributed by atoms with van der Waals surface area (Å²) in [5.74, 6) is 1.52. The van der Waals surface area contributed by atoms with Gasteiger partial charge in [0.25, 0.3) is 0 Å². The molecule has 0 bridgehead atoms. The van der Waals surface area contributed by atoms with Crippen molar-refractivity contribution in [2.24, 2.45) is 5.73 Å². The van der Waals surface area contributed by atoms with E-state index in [0.29, 0.717) is 17.2 Å². The van der Waals surface area contributed by atoms with Crippen molar-refractivity contribution >= 4 is 38.8 Å². The lowest BCUT2D eigenvalue weighted by Gasteiger charge is -2.40. The molecule has 21 heavy (non-hydrogen) atoms. The highest BCUT2D eigenvalue weighted by atomic mass is 32.2. The molecule has 2 rings (SSSR count). The Hall–Kier alpha value is -0.630. The van der Waals surface area contributed by atoms with Gasteiger partial charge in [0.05, 0.1) is 4.99 Å². The zero-order valence-corrected chi connectivity index (χ0v) is 14.4. The van der Waals surface area contributed by atoms with Gasteiger partial charge in [-0.05, 0) is 5.56 Å². The number of sulfone groups is 1. The molecule has 0 aliphatic carbocycles. The van der Waals surface area contributed by atoms with Crippen molar-refractivity contribution in [3.8, 4) is 0 Å². The van der Waals surface area contributed by atoms with E-state index in [1.54, 1.807) is 11.8 Å². The number of thiocarbonyl (C=S) groups is 1. The first-order valence-electron chi connectivity index (χ1n) is 6.75. The van der Waals surface area contributed by atoms with E-state index >= 15 is 0 Å². The van der Waals surface area contributed by atoms with Gasteiger partial charge < -0.3 is 5.73 Å². The van der Waals surface area contributed by atoms with Gasteiger partial charge in [0.1, 0.15) is 5.37 Å². The van der Waals surface area contributed by atoms with Gasteiger partial charge in [0.15, 0.2) is 9.84 Å². The number of nitrogens with zero attached hydrogens (tertiary/aromatic N) is 1. The van der Waals surface area contributed by atoms with Crippen LogP contribution in [0.4, 0.5) is 0 Å². The Morgan fingerprint density at radius 3 is 2.71 bits per heavy atom. The van der Waals surface area contributed by atoms with Crippen molar-refractivity contribution in [3.63, 3.8) is 0 Å². The molecule has 1 heterocycles. The quantitative estimate of drug-likeness (QED) is 0.822. The molecule has 7 heteroatoms. The molecule has 0 aromatic heterocycles. The second-order valence-corrected chi connectivity index (χ2v) is 9.07. The van der Waals surface area contributed by atoms with Gasteiger partial charge in [-0.3, -0.25) is 4.90 Å². The monoisotopic (exact) mass is 344 g/mol. The van der Waals surface area contributed by atoms with Gasteiger partial charge >= 0.3 is 0 Å². The maximum Gasteiger partial charge on any atom is 0.164 e. The van der Waals surface area contributed by atoms with Gasteiger partial charge in [0, 0.05) is 36.8 Å². The summed E-state index contributed by atoms with van der Waals surface area (Å²) >= 11 is 6.75. The number of hydrogen-bond acceptors (Lipinski definition) is 5. The Kier molecular flexibility index (Phi) is 5.65. The van der Waals surface area contributed by atoms with E-state index in [-0.39, 0.29) is 6.04 Å². The minimum absolute atomic E-state index is 0.0793. The van der Waals surface area contributed by atoms with Crippen LogP contribution in [0, 0.1) is 0 Å². The largest absolute Gasteiger partial charge is 0.393 e.